The third-order valence-electron chi connectivity index (χ3n) is 2.12. The van der Waals surface area contributed by atoms with Gasteiger partial charge < -0.3 is 10.1 Å². The summed E-state index contributed by atoms with van der Waals surface area (Å²) < 4.78 is 5.58. The Bertz CT molecular complexity index is 352. The molecule has 0 radical (unpaired) electrons. The predicted octanol–water partition coefficient (Wildman–Crippen LogP) is 2.02. The zero-order valence-electron chi connectivity index (χ0n) is 8.84. The van der Waals surface area contributed by atoms with Crippen LogP contribution in [-0.4, -0.2) is 19.6 Å². The van der Waals surface area contributed by atoms with Crippen molar-refractivity contribution < 1.29 is 9.53 Å². The number of nitrogens with one attached hydrogen (secondary N) is 1. The van der Waals surface area contributed by atoms with Crippen molar-refractivity contribution in [3.05, 3.63) is 33.8 Å². The van der Waals surface area contributed by atoms with Gasteiger partial charge in [-0.2, -0.15) is 0 Å². The van der Waals surface area contributed by atoms with E-state index in [0.717, 1.165) is 4.47 Å². The number of methoxy groups -OCH3 is 1. The van der Waals surface area contributed by atoms with Gasteiger partial charge in [-0.15, -0.1) is 0 Å². The molecular weight excluding hydrogens is 258 g/mol. The van der Waals surface area contributed by atoms with E-state index in [1.165, 1.54) is 18.2 Å². The molecule has 4 heteroatoms. The minimum atomic E-state index is -0.248. The molecule has 0 atom stereocenters. The summed E-state index contributed by atoms with van der Waals surface area (Å²) in [7, 11) is 1.38. The topological polar surface area (TPSA) is 38.3 Å². The van der Waals surface area contributed by atoms with E-state index in [0.29, 0.717) is 6.54 Å². The van der Waals surface area contributed by atoms with E-state index in [9.17, 15) is 4.79 Å². The number of benzene rings is 1. The van der Waals surface area contributed by atoms with Crippen LogP contribution >= 0.6 is 15.9 Å². The van der Waals surface area contributed by atoms with Crippen LogP contribution in [0.25, 0.3) is 0 Å². The molecular formula is C11H14BrNO2. The van der Waals surface area contributed by atoms with E-state index in [2.05, 4.69) is 26.0 Å². The predicted molar refractivity (Wildman–Crippen MR) is 62.6 cm³/mol. The first-order valence-electron chi connectivity index (χ1n) is 4.66. The molecule has 0 saturated carbocycles. The summed E-state index contributed by atoms with van der Waals surface area (Å²) in [4.78, 5) is 10.9. The average Bonchev–Trinajstić information content (AvgIpc) is 2.23. The highest BCUT2D eigenvalue weighted by Crippen LogP contribution is 2.15. The van der Waals surface area contributed by atoms with Crippen molar-refractivity contribution in [1.82, 2.24) is 5.32 Å². The number of hydrogen-bond donors (Lipinski definition) is 1. The van der Waals surface area contributed by atoms with Gasteiger partial charge in [0.2, 0.25) is 0 Å². The molecule has 0 spiro atoms. The quantitative estimate of drug-likeness (QED) is 0.852. The lowest BCUT2D eigenvalue weighted by molar-refractivity contribution is -0.139. The van der Waals surface area contributed by atoms with Gasteiger partial charge in [0.1, 0.15) is 0 Å². The lowest BCUT2D eigenvalue weighted by atomic mass is 10.1. The number of carbonyl (C=O) groups is 1. The lowest BCUT2D eigenvalue weighted by Crippen LogP contribution is -2.23. The highest BCUT2D eigenvalue weighted by molar-refractivity contribution is 9.10. The number of aryl methyl sites for hydroxylation is 1. The highest BCUT2D eigenvalue weighted by Gasteiger charge is 2.01. The molecule has 0 amide bonds. The molecule has 1 aromatic carbocycles. The van der Waals surface area contributed by atoms with Crippen molar-refractivity contribution in [3.63, 3.8) is 0 Å². The Labute approximate surface area is 97.9 Å². The minimum absolute atomic E-state index is 0.239. The summed E-state index contributed by atoms with van der Waals surface area (Å²) in [6, 6.07) is 6.08. The van der Waals surface area contributed by atoms with Crippen LogP contribution in [-0.2, 0) is 16.1 Å². The van der Waals surface area contributed by atoms with Crippen LogP contribution in [0.2, 0.25) is 0 Å². The van der Waals surface area contributed by atoms with Gasteiger partial charge in [-0.3, -0.25) is 4.79 Å². The summed E-state index contributed by atoms with van der Waals surface area (Å²) in [5.74, 6) is -0.248. The van der Waals surface area contributed by atoms with E-state index < -0.39 is 0 Å². The number of carbonyl (C=O) groups excluding carboxylic acids is 1. The van der Waals surface area contributed by atoms with E-state index in [4.69, 9.17) is 0 Å². The molecule has 0 aliphatic heterocycles. The van der Waals surface area contributed by atoms with E-state index in [-0.39, 0.29) is 12.5 Å². The Balaban J connectivity index is 2.50. The van der Waals surface area contributed by atoms with Crippen molar-refractivity contribution in [2.75, 3.05) is 13.7 Å². The molecule has 1 aromatic rings. The summed E-state index contributed by atoms with van der Waals surface area (Å²) >= 11 is 3.41. The SMILES string of the molecule is COC(=O)CNCc1cc(Br)ccc1C. The fourth-order valence-electron chi connectivity index (χ4n) is 1.20. The van der Waals surface area contributed by atoms with Crippen LogP contribution < -0.4 is 5.32 Å². The first-order valence-corrected chi connectivity index (χ1v) is 5.45. The maximum absolute atomic E-state index is 10.9. The third-order valence-corrected chi connectivity index (χ3v) is 2.62. The van der Waals surface area contributed by atoms with Crippen molar-refractivity contribution >= 4 is 21.9 Å². The molecule has 0 aromatic heterocycles. The molecule has 0 bridgehead atoms. The van der Waals surface area contributed by atoms with Gasteiger partial charge in [-0.25, -0.2) is 0 Å². The third kappa shape index (κ3) is 4.01. The number of rotatable bonds is 4. The smallest absolute Gasteiger partial charge is 0.319 e. The molecule has 0 heterocycles. The second kappa shape index (κ2) is 5.88. The Kier molecular flexibility index (Phi) is 4.78. The van der Waals surface area contributed by atoms with Crippen LogP contribution in [0.1, 0.15) is 11.1 Å². The lowest BCUT2D eigenvalue weighted by Gasteiger charge is -2.07. The van der Waals surface area contributed by atoms with Gasteiger partial charge in [-0.05, 0) is 30.2 Å². The normalized spacial score (nSPS) is 10.1. The van der Waals surface area contributed by atoms with Crippen molar-refractivity contribution in [3.8, 4) is 0 Å². The van der Waals surface area contributed by atoms with E-state index in [1.54, 1.807) is 0 Å². The summed E-state index contributed by atoms with van der Waals surface area (Å²) in [5.41, 5.74) is 2.38. The second-order valence-corrected chi connectivity index (χ2v) is 4.17. The van der Waals surface area contributed by atoms with Gasteiger partial charge in [0, 0.05) is 11.0 Å². The van der Waals surface area contributed by atoms with Gasteiger partial charge in [0.05, 0.1) is 13.7 Å². The first-order chi connectivity index (χ1) is 7.13. The monoisotopic (exact) mass is 271 g/mol. The standard InChI is InChI=1S/C11H14BrNO2/c1-8-3-4-10(12)5-9(8)6-13-7-11(14)15-2/h3-5,13H,6-7H2,1-2H3. The molecule has 15 heavy (non-hydrogen) atoms. The molecule has 0 unspecified atom stereocenters. The summed E-state index contributed by atoms with van der Waals surface area (Å²) in [5, 5.41) is 3.03. The maximum atomic E-state index is 10.9. The van der Waals surface area contributed by atoms with Crippen LogP contribution in [0.4, 0.5) is 0 Å². The van der Waals surface area contributed by atoms with Gasteiger partial charge >= 0.3 is 5.97 Å². The van der Waals surface area contributed by atoms with Crippen LogP contribution in [0.15, 0.2) is 22.7 Å². The first kappa shape index (κ1) is 12.2. The molecule has 3 nitrogen and oxygen atoms in total. The Morgan fingerprint density at radius 2 is 2.27 bits per heavy atom. The average molecular weight is 272 g/mol. The molecule has 1 N–H and O–H groups in total. The number of esters is 1. The highest BCUT2D eigenvalue weighted by atomic mass is 79.9. The van der Waals surface area contributed by atoms with E-state index in [1.807, 2.05) is 25.1 Å². The van der Waals surface area contributed by atoms with Crippen LogP contribution in [0.3, 0.4) is 0 Å². The molecule has 0 aliphatic carbocycles. The van der Waals surface area contributed by atoms with Gasteiger partial charge in [0.25, 0.3) is 0 Å². The zero-order valence-corrected chi connectivity index (χ0v) is 10.4. The van der Waals surface area contributed by atoms with Crippen molar-refractivity contribution in [2.24, 2.45) is 0 Å². The summed E-state index contributed by atoms with van der Waals surface area (Å²) in [6.45, 7) is 2.95. The largest absolute Gasteiger partial charge is 0.468 e. The Morgan fingerprint density at radius 1 is 1.53 bits per heavy atom. The number of hydrogen-bond acceptors (Lipinski definition) is 3. The second-order valence-electron chi connectivity index (χ2n) is 3.25. The number of halogens is 1. The fourth-order valence-corrected chi connectivity index (χ4v) is 1.61. The maximum Gasteiger partial charge on any atom is 0.319 e. The van der Waals surface area contributed by atoms with Crippen LogP contribution in [0, 0.1) is 6.92 Å². The van der Waals surface area contributed by atoms with Crippen molar-refractivity contribution in [2.45, 2.75) is 13.5 Å². The molecule has 0 fully saturated rings. The van der Waals surface area contributed by atoms with Gasteiger partial charge in [0.15, 0.2) is 0 Å². The van der Waals surface area contributed by atoms with Crippen molar-refractivity contribution in [1.29, 1.82) is 0 Å². The van der Waals surface area contributed by atoms with Gasteiger partial charge in [-0.1, -0.05) is 22.0 Å². The Hall–Kier alpha value is -0.870. The fraction of sp³-hybridized carbons (Fsp3) is 0.364. The summed E-state index contributed by atoms with van der Waals surface area (Å²) in [6.07, 6.45) is 0. The molecule has 82 valence electrons. The Morgan fingerprint density at radius 3 is 2.93 bits per heavy atom. The molecule has 0 aliphatic rings. The van der Waals surface area contributed by atoms with E-state index >= 15 is 0 Å². The minimum Gasteiger partial charge on any atom is -0.468 e. The molecule has 0 saturated heterocycles. The zero-order chi connectivity index (χ0) is 11.3. The number of ether oxygens (including phenoxy) is 1. The van der Waals surface area contributed by atoms with Crippen LogP contribution in [0.5, 0.6) is 0 Å². The molecule has 1 rings (SSSR count).